The van der Waals surface area contributed by atoms with Crippen molar-refractivity contribution in [2.45, 2.75) is 103 Å². The third-order valence-corrected chi connectivity index (χ3v) is 7.10. The summed E-state index contributed by atoms with van der Waals surface area (Å²) >= 11 is 0. The summed E-state index contributed by atoms with van der Waals surface area (Å²) in [6, 6.07) is 26.7. The Labute approximate surface area is 224 Å². The highest BCUT2D eigenvalue weighted by molar-refractivity contribution is 5.38. The van der Waals surface area contributed by atoms with Gasteiger partial charge in [-0.15, -0.1) is 0 Å². The molecule has 3 aromatic rings. The van der Waals surface area contributed by atoms with Gasteiger partial charge in [0.25, 0.3) is 0 Å². The van der Waals surface area contributed by atoms with Gasteiger partial charge in [-0.1, -0.05) is 138 Å². The van der Waals surface area contributed by atoms with Crippen molar-refractivity contribution in [3.05, 3.63) is 101 Å². The van der Waals surface area contributed by atoms with Crippen LogP contribution >= 0.6 is 0 Å². The number of phenols is 1. The maximum atomic E-state index is 10.8. The molecule has 0 spiro atoms. The van der Waals surface area contributed by atoms with Gasteiger partial charge in [-0.2, -0.15) is 0 Å². The molecule has 200 valence electrons. The van der Waals surface area contributed by atoms with E-state index in [0.717, 1.165) is 36.8 Å². The Morgan fingerprint density at radius 3 is 1.59 bits per heavy atom. The van der Waals surface area contributed by atoms with E-state index in [1.807, 2.05) is 18.2 Å². The van der Waals surface area contributed by atoms with Gasteiger partial charge in [0.1, 0.15) is 5.75 Å². The van der Waals surface area contributed by atoms with E-state index in [1.54, 1.807) is 6.07 Å². The Balaban J connectivity index is 1.68. The number of phenolic OH excluding ortho intramolecular Hbond substituents is 1. The van der Waals surface area contributed by atoms with E-state index in [-0.39, 0.29) is 18.0 Å². The summed E-state index contributed by atoms with van der Waals surface area (Å²) in [6.45, 7) is 5.29. The van der Waals surface area contributed by atoms with Crippen LogP contribution in [0, 0.1) is 0 Å². The third kappa shape index (κ3) is 9.98. The van der Waals surface area contributed by atoms with E-state index in [1.165, 1.54) is 49.7 Å². The molecule has 0 aromatic heterocycles. The lowest BCUT2D eigenvalue weighted by atomic mass is 10.0. The molecule has 0 aliphatic carbocycles. The molecular weight excluding hydrogens is 456 g/mol. The summed E-state index contributed by atoms with van der Waals surface area (Å²) in [5.74, 6) is 0.276. The van der Waals surface area contributed by atoms with Gasteiger partial charge in [0.05, 0.1) is 25.4 Å². The van der Waals surface area contributed by atoms with Crippen molar-refractivity contribution < 1.29 is 14.6 Å². The maximum absolute atomic E-state index is 10.8. The van der Waals surface area contributed by atoms with Crippen LogP contribution in [0.2, 0.25) is 0 Å². The molecule has 0 radical (unpaired) electrons. The van der Waals surface area contributed by atoms with E-state index < -0.39 is 0 Å². The Morgan fingerprint density at radius 2 is 1.08 bits per heavy atom. The number of unbranched alkanes of at least 4 members (excludes halogenated alkanes) is 6. The summed E-state index contributed by atoms with van der Waals surface area (Å²) in [5.41, 5.74) is 4.23. The third-order valence-electron chi connectivity index (χ3n) is 7.10. The van der Waals surface area contributed by atoms with Crippen LogP contribution in [0.4, 0.5) is 0 Å². The molecule has 0 aliphatic rings. The number of aromatic hydroxyl groups is 1. The monoisotopic (exact) mass is 502 g/mol. The first kappa shape index (κ1) is 28.9. The molecule has 3 rings (SSSR count). The predicted octanol–water partition coefficient (Wildman–Crippen LogP) is 9.85. The number of rotatable bonds is 18. The van der Waals surface area contributed by atoms with Crippen LogP contribution in [0.5, 0.6) is 5.75 Å². The normalized spacial score (nSPS) is 12.9. The van der Waals surface area contributed by atoms with Gasteiger partial charge in [-0.3, -0.25) is 0 Å². The molecule has 0 saturated heterocycles. The molecular formula is C34H46O3. The summed E-state index contributed by atoms with van der Waals surface area (Å²) < 4.78 is 13.0. The summed E-state index contributed by atoms with van der Waals surface area (Å²) in [4.78, 5) is 0. The highest BCUT2D eigenvalue weighted by atomic mass is 16.5. The number of benzene rings is 3. The standard InChI is InChI=1S/C34H46O3/c1-3-5-7-15-24-33(28-18-11-9-12-19-28)36-26-30-22-17-23-32(35)31(30)27-37-34(25-16-8-6-4-2)29-20-13-10-14-21-29/h9-14,17-23,33-35H,3-8,15-16,24-27H2,1-2H3. The highest BCUT2D eigenvalue weighted by Crippen LogP contribution is 2.31. The molecule has 2 unspecified atom stereocenters. The van der Waals surface area contributed by atoms with Crippen LogP contribution in [0.3, 0.4) is 0 Å². The van der Waals surface area contributed by atoms with Crippen LogP contribution in [-0.2, 0) is 22.7 Å². The Hall–Kier alpha value is -2.62. The van der Waals surface area contributed by atoms with Crippen LogP contribution in [0.1, 0.15) is 113 Å². The topological polar surface area (TPSA) is 38.7 Å². The van der Waals surface area contributed by atoms with E-state index in [0.29, 0.717) is 13.2 Å². The van der Waals surface area contributed by atoms with Crippen molar-refractivity contribution in [1.82, 2.24) is 0 Å². The Bertz CT molecular complexity index is 986. The van der Waals surface area contributed by atoms with Crippen molar-refractivity contribution in [2.24, 2.45) is 0 Å². The van der Waals surface area contributed by atoms with Crippen LogP contribution in [0.15, 0.2) is 78.9 Å². The van der Waals surface area contributed by atoms with Crippen molar-refractivity contribution in [3.8, 4) is 5.75 Å². The van der Waals surface area contributed by atoms with Gasteiger partial charge in [-0.05, 0) is 35.6 Å². The zero-order chi connectivity index (χ0) is 26.1. The molecule has 0 amide bonds. The summed E-state index contributed by atoms with van der Waals surface area (Å²) in [6.07, 6.45) is 11.8. The average molecular weight is 503 g/mol. The fourth-order valence-corrected chi connectivity index (χ4v) is 4.84. The zero-order valence-corrected chi connectivity index (χ0v) is 22.9. The van der Waals surface area contributed by atoms with Gasteiger partial charge in [0, 0.05) is 5.56 Å². The van der Waals surface area contributed by atoms with Gasteiger partial charge >= 0.3 is 0 Å². The van der Waals surface area contributed by atoms with Crippen LogP contribution < -0.4 is 0 Å². The molecule has 1 N–H and O–H groups in total. The van der Waals surface area contributed by atoms with E-state index in [9.17, 15) is 5.11 Å². The van der Waals surface area contributed by atoms with Crippen molar-refractivity contribution >= 4 is 0 Å². The van der Waals surface area contributed by atoms with Crippen LogP contribution in [0.25, 0.3) is 0 Å². The summed E-state index contributed by atoms with van der Waals surface area (Å²) in [7, 11) is 0. The first-order valence-electron chi connectivity index (χ1n) is 14.4. The Morgan fingerprint density at radius 1 is 0.568 bits per heavy atom. The molecule has 3 heteroatoms. The van der Waals surface area contributed by atoms with Crippen molar-refractivity contribution in [2.75, 3.05) is 0 Å². The lowest BCUT2D eigenvalue weighted by Gasteiger charge is -2.22. The maximum Gasteiger partial charge on any atom is 0.121 e. The first-order chi connectivity index (χ1) is 18.2. The number of hydrogen-bond acceptors (Lipinski definition) is 3. The largest absolute Gasteiger partial charge is 0.508 e. The molecule has 0 saturated carbocycles. The first-order valence-corrected chi connectivity index (χ1v) is 14.4. The Kier molecular flexibility index (Phi) is 13.3. The number of hydrogen-bond donors (Lipinski definition) is 1. The van der Waals surface area contributed by atoms with Gasteiger partial charge in [0.2, 0.25) is 0 Å². The smallest absolute Gasteiger partial charge is 0.121 e. The van der Waals surface area contributed by atoms with E-state index >= 15 is 0 Å². The highest BCUT2D eigenvalue weighted by Gasteiger charge is 2.17. The molecule has 37 heavy (non-hydrogen) atoms. The predicted molar refractivity (Wildman–Crippen MR) is 154 cm³/mol. The molecule has 0 aliphatic heterocycles. The molecule has 0 fully saturated rings. The molecule has 2 atom stereocenters. The molecule has 3 aromatic carbocycles. The van der Waals surface area contributed by atoms with Gasteiger partial charge in [0.15, 0.2) is 0 Å². The van der Waals surface area contributed by atoms with Gasteiger partial charge < -0.3 is 14.6 Å². The summed E-state index contributed by atoms with van der Waals surface area (Å²) in [5, 5.41) is 10.8. The minimum absolute atomic E-state index is 0.0158. The van der Waals surface area contributed by atoms with Crippen molar-refractivity contribution in [3.63, 3.8) is 0 Å². The lowest BCUT2D eigenvalue weighted by molar-refractivity contribution is 0.0208. The van der Waals surface area contributed by atoms with Crippen LogP contribution in [-0.4, -0.2) is 5.11 Å². The van der Waals surface area contributed by atoms with E-state index in [2.05, 4.69) is 68.4 Å². The fourth-order valence-electron chi connectivity index (χ4n) is 4.84. The minimum atomic E-state index is 0.0158. The second-order valence-electron chi connectivity index (χ2n) is 10.0. The second-order valence-corrected chi connectivity index (χ2v) is 10.0. The number of ether oxygens (including phenoxy) is 2. The minimum Gasteiger partial charge on any atom is -0.508 e. The SMILES string of the molecule is CCCCCCC(OCc1cccc(O)c1COC(CCCCCC)c1ccccc1)c1ccccc1. The molecule has 0 bridgehead atoms. The quantitative estimate of drug-likeness (QED) is 0.176. The lowest BCUT2D eigenvalue weighted by Crippen LogP contribution is -2.09. The molecule has 0 heterocycles. The second kappa shape index (κ2) is 17.0. The zero-order valence-electron chi connectivity index (χ0n) is 22.9. The van der Waals surface area contributed by atoms with Gasteiger partial charge in [-0.25, -0.2) is 0 Å². The average Bonchev–Trinajstić information content (AvgIpc) is 2.94. The van der Waals surface area contributed by atoms with Crippen molar-refractivity contribution in [1.29, 1.82) is 0 Å². The fraction of sp³-hybridized carbons (Fsp3) is 0.471. The van der Waals surface area contributed by atoms with E-state index in [4.69, 9.17) is 9.47 Å². The molecule has 3 nitrogen and oxygen atoms in total.